The van der Waals surface area contributed by atoms with E-state index >= 15 is 0 Å². The van der Waals surface area contributed by atoms with Crippen LogP contribution in [0.5, 0.6) is 0 Å². The van der Waals surface area contributed by atoms with E-state index in [2.05, 4.69) is 5.32 Å². The zero-order valence-electron chi connectivity index (χ0n) is 11.3. The number of carbonyl (C=O) groups is 2. The number of hydrogen-bond acceptors (Lipinski definition) is 4. The number of Topliss-reactive ketones (excluding diaryl/α,β-unsaturated/α-hetero) is 1. The van der Waals surface area contributed by atoms with Gasteiger partial charge in [0.25, 0.3) is 11.7 Å². The van der Waals surface area contributed by atoms with Crippen molar-refractivity contribution in [3.05, 3.63) is 65.1 Å². The van der Waals surface area contributed by atoms with E-state index in [-0.39, 0.29) is 11.3 Å². The summed E-state index contributed by atoms with van der Waals surface area (Å²) >= 11 is 0. The molecule has 1 aliphatic rings. The Bertz CT molecular complexity index is 726. The molecule has 0 saturated carbocycles. The lowest BCUT2D eigenvalue weighted by Crippen LogP contribution is -2.20. The van der Waals surface area contributed by atoms with Gasteiger partial charge in [-0.2, -0.15) is 0 Å². The van der Waals surface area contributed by atoms with Crippen LogP contribution in [0.2, 0.25) is 0 Å². The van der Waals surface area contributed by atoms with Crippen molar-refractivity contribution in [2.75, 3.05) is 0 Å². The van der Waals surface area contributed by atoms with E-state index < -0.39 is 17.7 Å². The van der Waals surface area contributed by atoms with Crippen LogP contribution in [-0.2, 0) is 9.59 Å². The van der Waals surface area contributed by atoms with Crippen molar-refractivity contribution in [2.45, 2.75) is 13.0 Å². The zero-order valence-corrected chi connectivity index (χ0v) is 11.3. The van der Waals surface area contributed by atoms with Crippen molar-refractivity contribution in [2.24, 2.45) is 0 Å². The van der Waals surface area contributed by atoms with E-state index in [9.17, 15) is 14.7 Å². The number of rotatable bonds is 2. The summed E-state index contributed by atoms with van der Waals surface area (Å²) in [6.07, 6.45) is 1.45. The van der Waals surface area contributed by atoms with Gasteiger partial charge < -0.3 is 14.8 Å². The number of aliphatic hydroxyl groups is 1. The Balaban J connectivity index is 2.11. The summed E-state index contributed by atoms with van der Waals surface area (Å²) in [5, 5.41) is 12.9. The molecule has 5 heteroatoms. The van der Waals surface area contributed by atoms with Crippen LogP contribution in [0.3, 0.4) is 0 Å². The summed E-state index contributed by atoms with van der Waals surface area (Å²) in [6, 6.07) is 9.59. The number of aryl methyl sites for hydroxylation is 1. The molecule has 2 N–H and O–H groups in total. The van der Waals surface area contributed by atoms with E-state index in [4.69, 9.17) is 4.42 Å². The van der Waals surface area contributed by atoms with Crippen LogP contribution >= 0.6 is 0 Å². The third kappa shape index (κ3) is 2.23. The minimum atomic E-state index is -0.763. The van der Waals surface area contributed by atoms with E-state index in [1.165, 1.54) is 6.26 Å². The van der Waals surface area contributed by atoms with Gasteiger partial charge in [-0.3, -0.25) is 9.59 Å². The molecule has 0 unspecified atom stereocenters. The molecule has 1 saturated heterocycles. The average molecular weight is 283 g/mol. The lowest BCUT2D eigenvalue weighted by molar-refractivity contribution is -0.133. The Morgan fingerprint density at radius 3 is 2.52 bits per heavy atom. The van der Waals surface area contributed by atoms with Gasteiger partial charge in [0.15, 0.2) is 0 Å². The van der Waals surface area contributed by atoms with Crippen LogP contribution < -0.4 is 5.32 Å². The number of ketones is 1. The standard InChI is InChI=1S/C16H13NO4/c1-9-4-6-10(7-5-9)14(18)12-13(11-3-2-8-21-11)17-16(20)15(12)19/h2-8,13,18H,1H3,(H,17,20)/t13-/m1/s1. The van der Waals surface area contributed by atoms with Crippen LogP contribution in [0.4, 0.5) is 0 Å². The first kappa shape index (κ1) is 13.2. The fourth-order valence-corrected chi connectivity index (χ4v) is 2.30. The molecule has 0 bridgehead atoms. The molecule has 1 amide bonds. The molecule has 1 aromatic carbocycles. The zero-order chi connectivity index (χ0) is 15.0. The fraction of sp³-hybridized carbons (Fsp3) is 0.125. The molecule has 0 spiro atoms. The second-order valence-electron chi connectivity index (χ2n) is 4.88. The first-order valence-corrected chi connectivity index (χ1v) is 6.46. The minimum absolute atomic E-state index is 0.0128. The summed E-state index contributed by atoms with van der Waals surface area (Å²) in [7, 11) is 0. The third-order valence-electron chi connectivity index (χ3n) is 3.42. The molecular formula is C16H13NO4. The second kappa shape index (κ2) is 4.94. The van der Waals surface area contributed by atoms with Crippen molar-refractivity contribution in [3.63, 3.8) is 0 Å². The van der Waals surface area contributed by atoms with Crippen molar-refractivity contribution in [1.82, 2.24) is 5.32 Å². The van der Waals surface area contributed by atoms with E-state index in [0.717, 1.165) is 5.56 Å². The quantitative estimate of drug-likeness (QED) is 0.503. The van der Waals surface area contributed by atoms with Crippen LogP contribution in [-0.4, -0.2) is 16.8 Å². The van der Waals surface area contributed by atoms with Gasteiger partial charge in [0.05, 0.1) is 11.8 Å². The maximum Gasteiger partial charge on any atom is 0.293 e. The first-order chi connectivity index (χ1) is 10.1. The predicted molar refractivity (Wildman–Crippen MR) is 75.3 cm³/mol. The molecule has 0 radical (unpaired) electrons. The van der Waals surface area contributed by atoms with Crippen molar-refractivity contribution in [1.29, 1.82) is 0 Å². The van der Waals surface area contributed by atoms with Crippen LogP contribution in [0.25, 0.3) is 5.76 Å². The number of furan rings is 1. The van der Waals surface area contributed by atoms with Crippen molar-refractivity contribution >= 4 is 17.4 Å². The van der Waals surface area contributed by atoms with E-state index in [1.54, 1.807) is 24.3 Å². The number of hydrogen-bond donors (Lipinski definition) is 2. The van der Waals surface area contributed by atoms with E-state index in [1.807, 2.05) is 19.1 Å². The maximum atomic E-state index is 12.0. The molecule has 2 heterocycles. The summed E-state index contributed by atoms with van der Waals surface area (Å²) in [5.41, 5.74) is 1.53. The van der Waals surface area contributed by atoms with Gasteiger partial charge in [0, 0.05) is 5.56 Å². The first-order valence-electron chi connectivity index (χ1n) is 6.46. The highest BCUT2D eigenvalue weighted by Gasteiger charge is 2.40. The minimum Gasteiger partial charge on any atom is -0.507 e. The van der Waals surface area contributed by atoms with Crippen LogP contribution in [0.1, 0.15) is 22.9 Å². The maximum absolute atomic E-state index is 12.0. The molecule has 2 aromatic rings. The summed E-state index contributed by atoms with van der Waals surface area (Å²) < 4.78 is 5.24. The lowest BCUT2D eigenvalue weighted by Gasteiger charge is -2.10. The van der Waals surface area contributed by atoms with Crippen molar-refractivity contribution < 1.29 is 19.1 Å². The molecule has 1 fully saturated rings. The Hall–Kier alpha value is -2.82. The topological polar surface area (TPSA) is 79.5 Å². The summed E-state index contributed by atoms with van der Waals surface area (Å²) in [4.78, 5) is 23.7. The molecule has 1 aromatic heterocycles. The molecule has 1 atom stereocenters. The number of amides is 1. The largest absolute Gasteiger partial charge is 0.507 e. The highest BCUT2D eigenvalue weighted by atomic mass is 16.3. The molecule has 3 rings (SSSR count). The molecule has 0 aliphatic carbocycles. The Labute approximate surface area is 120 Å². The monoisotopic (exact) mass is 283 g/mol. The predicted octanol–water partition coefficient (Wildman–Crippen LogP) is 2.30. The van der Waals surface area contributed by atoms with Crippen LogP contribution in [0, 0.1) is 6.92 Å². The Morgan fingerprint density at radius 1 is 1.19 bits per heavy atom. The number of benzene rings is 1. The van der Waals surface area contributed by atoms with Gasteiger partial charge in [-0.25, -0.2) is 0 Å². The molecule has 1 aliphatic heterocycles. The molecular weight excluding hydrogens is 270 g/mol. The van der Waals surface area contributed by atoms with Gasteiger partial charge in [-0.1, -0.05) is 29.8 Å². The number of nitrogens with one attached hydrogen (secondary N) is 1. The number of carbonyl (C=O) groups excluding carboxylic acids is 2. The van der Waals surface area contributed by atoms with Gasteiger partial charge in [0.1, 0.15) is 17.6 Å². The smallest absolute Gasteiger partial charge is 0.293 e. The summed E-state index contributed by atoms with van der Waals surface area (Å²) in [6.45, 7) is 1.92. The fourth-order valence-electron chi connectivity index (χ4n) is 2.30. The Kier molecular flexibility index (Phi) is 3.10. The third-order valence-corrected chi connectivity index (χ3v) is 3.42. The van der Waals surface area contributed by atoms with E-state index in [0.29, 0.717) is 11.3 Å². The normalized spacial score (nSPS) is 20.5. The molecule has 106 valence electrons. The number of aliphatic hydroxyl groups excluding tert-OH is 1. The molecule has 21 heavy (non-hydrogen) atoms. The molecule has 5 nitrogen and oxygen atoms in total. The Morgan fingerprint density at radius 2 is 1.90 bits per heavy atom. The second-order valence-corrected chi connectivity index (χ2v) is 4.88. The highest BCUT2D eigenvalue weighted by Crippen LogP contribution is 2.32. The SMILES string of the molecule is Cc1ccc(C(O)=C2C(=O)C(=O)N[C@@H]2c2ccco2)cc1. The summed E-state index contributed by atoms with van der Waals surface area (Å²) in [5.74, 6) is -1.29. The van der Waals surface area contributed by atoms with Crippen LogP contribution in [0.15, 0.2) is 52.7 Å². The van der Waals surface area contributed by atoms with Crippen molar-refractivity contribution in [3.8, 4) is 0 Å². The average Bonchev–Trinajstić information content (AvgIpc) is 3.09. The van der Waals surface area contributed by atoms with Gasteiger partial charge in [-0.05, 0) is 19.1 Å². The van der Waals surface area contributed by atoms with Gasteiger partial charge >= 0.3 is 0 Å². The van der Waals surface area contributed by atoms with Gasteiger partial charge in [0.2, 0.25) is 0 Å². The highest BCUT2D eigenvalue weighted by molar-refractivity contribution is 6.46. The lowest BCUT2D eigenvalue weighted by atomic mass is 9.99. The van der Waals surface area contributed by atoms with Gasteiger partial charge in [-0.15, -0.1) is 0 Å².